The van der Waals surface area contributed by atoms with Crippen molar-refractivity contribution in [2.45, 2.75) is 13.0 Å². The fourth-order valence-corrected chi connectivity index (χ4v) is 2.55. The summed E-state index contributed by atoms with van der Waals surface area (Å²) in [6.45, 7) is 1.90. The zero-order valence-corrected chi connectivity index (χ0v) is 15.5. The summed E-state index contributed by atoms with van der Waals surface area (Å²) in [5.41, 5.74) is 7.69. The van der Waals surface area contributed by atoms with Gasteiger partial charge in [-0.25, -0.2) is 14.4 Å². The smallest absolute Gasteiger partial charge is 0.237 e. The number of halogens is 2. The monoisotopic (exact) mass is 388 g/mol. The van der Waals surface area contributed by atoms with Gasteiger partial charge in [0.25, 0.3) is 0 Å². The number of aromatic nitrogens is 3. The van der Waals surface area contributed by atoms with Crippen LogP contribution in [0.5, 0.6) is 5.88 Å². The van der Waals surface area contributed by atoms with Crippen molar-refractivity contribution in [1.29, 1.82) is 0 Å². The number of anilines is 4. The van der Waals surface area contributed by atoms with Crippen LogP contribution < -0.4 is 21.1 Å². The molecule has 0 amide bonds. The number of pyridine rings is 3. The molecular weight excluding hydrogens is 371 g/mol. The second-order valence-electron chi connectivity index (χ2n) is 5.74. The summed E-state index contributed by atoms with van der Waals surface area (Å²) in [6.07, 6.45) is 2.66. The van der Waals surface area contributed by atoms with Crippen LogP contribution in [0, 0.1) is 5.82 Å². The molecule has 3 rings (SSSR count). The van der Waals surface area contributed by atoms with Crippen molar-refractivity contribution in [3.63, 3.8) is 0 Å². The van der Waals surface area contributed by atoms with E-state index in [0.29, 0.717) is 39.6 Å². The first-order valence-electron chi connectivity index (χ1n) is 8.07. The highest BCUT2D eigenvalue weighted by Gasteiger charge is 2.12. The van der Waals surface area contributed by atoms with Gasteiger partial charge in [0.1, 0.15) is 17.3 Å². The van der Waals surface area contributed by atoms with Crippen molar-refractivity contribution in [3.05, 3.63) is 59.3 Å². The third kappa shape index (κ3) is 4.53. The second kappa shape index (κ2) is 8.05. The molecule has 0 spiro atoms. The van der Waals surface area contributed by atoms with Crippen LogP contribution in [0.1, 0.15) is 18.7 Å². The van der Waals surface area contributed by atoms with E-state index in [9.17, 15) is 4.39 Å². The Balaban J connectivity index is 1.82. The van der Waals surface area contributed by atoms with Crippen molar-refractivity contribution in [3.8, 4) is 5.88 Å². The van der Waals surface area contributed by atoms with Gasteiger partial charge in [-0.2, -0.15) is 0 Å². The van der Waals surface area contributed by atoms with Crippen LogP contribution in [-0.2, 0) is 0 Å². The summed E-state index contributed by atoms with van der Waals surface area (Å²) in [5.74, 6) is 0.968. The van der Waals surface area contributed by atoms with Crippen LogP contribution >= 0.6 is 11.6 Å². The van der Waals surface area contributed by atoms with Gasteiger partial charge in [0.05, 0.1) is 35.8 Å². The molecule has 0 bridgehead atoms. The lowest BCUT2D eigenvalue weighted by Crippen LogP contribution is -2.11. The lowest BCUT2D eigenvalue weighted by Gasteiger charge is -2.16. The molecule has 140 valence electrons. The first-order chi connectivity index (χ1) is 13.0. The zero-order valence-electron chi connectivity index (χ0n) is 14.7. The van der Waals surface area contributed by atoms with Crippen molar-refractivity contribution in [2.24, 2.45) is 0 Å². The van der Waals surface area contributed by atoms with E-state index in [2.05, 4.69) is 25.6 Å². The molecule has 0 aromatic carbocycles. The molecule has 7 nitrogen and oxygen atoms in total. The summed E-state index contributed by atoms with van der Waals surface area (Å²) < 4.78 is 18.2. The molecule has 0 aliphatic rings. The Morgan fingerprint density at radius 1 is 1.19 bits per heavy atom. The molecule has 3 aromatic rings. The maximum absolute atomic E-state index is 13.0. The standard InChI is InChI=1S/C18H18ClFN6O/c1-10(14-5-3-12(20)9-22-14)24-16-6-4-13(21)17(26-16)25-15-7-11(19)8-23-18(15)27-2/h3-10H,21H2,1-2H3,(H2,24,25,26)/t10-/m0/s1. The molecular formula is C18H18ClFN6O. The van der Waals surface area contributed by atoms with Crippen molar-refractivity contribution in [1.82, 2.24) is 15.0 Å². The molecule has 1 atom stereocenters. The van der Waals surface area contributed by atoms with Crippen LogP contribution in [0.15, 0.2) is 42.7 Å². The van der Waals surface area contributed by atoms with Gasteiger partial charge >= 0.3 is 0 Å². The molecule has 0 fully saturated rings. The molecule has 0 unspecified atom stereocenters. The van der Waals surface area contributed by atoms with E-state index in [1.165, 1.54) is 25.6 Å². The molecule has 9 heteroatoms. The molecule has 0 aliphatic heterocycles. The molecule has 27 heavy (non-hydrogen) atoms. The van der Waals surface area contributed by atoms with Gasteiger partial charge in [-0.15, -0.1) is 0 Å². The van der Waals surface area contributed by atoms with Gasteiger partial charge in [0, 0.05) is 6.20 Å². The topological polar surface area (TPSA) is 98.0 Å². The molecule has 0 saturated carbocycles. The minimum Gasteiger partial charge on any atom is -0.480 e. The lowest BCUT2D eigenvalue weighted by atomic mass is 10.2. The molecule has 0 aliphatic carbocycles. The summed E-state index contributed by atoms with van der Waals surface area (Å²) in [6, 6.07) is 7.92. The predicted octanol–water partition coefficient (Wildman–Crippen LogP) is 4.17. The fraction of sp³-hybridized carbons (Fsp3) is 0.167. The number of hydrogen-bond donors (Lipinski definition) is 3. The number of nitrogens with one attached hydrogen (secondary N) is 2. The number of rotatable bonds is 6. The SMILES string of the molecule is COc1ncc(Cl)cc1Nc1nc(N[C@@H](C)c2ccc(F)cn2)ccc1N. The Morgan fingerprint density at radius 3 is 2.70 bits per heavy atom. The van der Waals surface area contributed by atoms with E-state index in [0.717, 1.165) is 0 Å². The van der Waals surface area contributed by atoms with E-state index in [-0.39, 0.29) is 11.9 Å². The lowest BCUT2D eigenvalue weighted by molar-refractivity contribution is 0.400. The highest BCUT2D eigenvalue weighted by Crippen LogP contribution is 2.30. The third-order valence-electron chi connectivity index (χ3n) is 3.75. The molecule has 0 saturated heterocycles. The normalized spacial score (nSPS) is 11.7. The number of nitrogens with zero attached hydrogens (tertiary/aromatic N) is 3. The maximum atomic E-state index is 13.0. The molecule has 3 aromatic heterocycles. The van der Waals surface area contributed by atoms with Crippen molar-refractivity contribution < 1.29 is 9.13 Å². The maximum Gasteiger partial charge on any atom is 0.237 e. The Kier molecular flexibility index (Phi) is 5.56. The Morgan fingerprint density at radius 2 is 2.00 bits per heavy atom. The van der Waals surface area contributed by atoms with Gasteiger partial charge in [0.2, 0.25) is 5.88 Å². The van der Waals surface area contributed by atoms with Crippen LogP contribution in [0.4, 0.5) is 27.4 Å². The van der Waals surface area contributed by atoms with Gasteiger partial charge in [-0.05, 0) is 37.3 Å². The van der Waals surface area contributed by atoms with Crippen molar-refractivity contribution >= 4 is 34.6 Å². The molecule has 4 N–H and O–H groups in total. The molecule has 3 heterocycles. The summed E-state index contributed by atoms with van der Waals surface area (Å²) in [4.78, 5) is 12.6. The Labute approximate surface area is 160 Å². The summed E-state index contributed by atoms with van der Waals surface area (Å²) in [7, 11) is 1.51. The summed E-state index contributed by atoms with van der Waals surface area (Å²) in [5, 5.41) is 6.73. The zero-order chi connectivity index (χ0) is 19.4. The second-order valence-corrected chi connectivity index (χ2v) is 6.17. The summed E-state index contributed by atoms with van der Waals surface area (Å²) >= 11 is 6.00. The average Bonchev–Trinajstić information content (AvgIpc) is 2.65. The Hall–Kier alpha value is -3.13. The van der Waals surface area contributed by atoms with E-state index >= 15 is 0 Å². The van der Waals surface area contributed by atoms with Crippen LogP contribution in [-0.4, -0.2) is 22.1 Å². The van der Waals surface area contributed by atoms with Gasteiger partial charge in [0.15, 0.2) is 5.82 Å². The van der Waals surface area contributed by atoms with Crippen molar-refractivity contribution in [2.75, 3.05) is 23.5 Å². The quantitative estimate of drug-likeness (QED) is 0.582. The largest absolute Gasteiger partial charge is 0.480 e. The number of hydrogen-bond acceptors (Lipinski definition) is 7. The van der Waals surface area contributed by atoms with Crippen LogP contribution in [0.3, 0.4) is 0 Å². The number of nitrogen functional groups attached to an aromatic ring is 1. The predicted molar refractivity (Wildman–Crippen MR) is 104 cm³/mol. The van der Waals surface area contributed by atoms with Gasteiger partial charge in [-0.3, -0.25) is 4.98 Å². The number of nitrogens with two attached hydrogens (primary N) is 1. The minimum absolute atomic E-state index is 0.183. The highest BCUT2D eigenvalue weighted by molar-refractivity contribution is 6.30. The number of methoxy groups -OCH3 is 1. The van der Waals surface area contributed by atoms with Crippen LogP contribution in [0.25, 0.3) is 0 Å². The van der Waals surface area contributed by atoms with E-state index in [4.69, 9.17) is 22.1 Å². The average molecular weight is 389 g/mol. The molecule has 0 radical (unpaired) electrons. The third-order valence-corrected chi connectivity index (χ3v) is 3.96. The van der Waals surface area contributed by atoms with Gasteiger partial charge in [-0.1, -0.05) is 11.6 Å². The first-order valence-corrected chi connectivity index (χ1v) is 8.45. The first kappa shape index (κ1) is 18.7. The van der Waals surface area contributed by atoms with E-state index in [1.807, 2.05) is 6.92 Å². The minimum atomic E-state index is -0.382. The van der Waals surface area contributed by atoms with E-state index in [1.54, 1.807) is 24.3 Å². The number of ether oxygens (including phenoxy) is 1. The highest BCUT2D eigenvalue weighted by atomic mass is 35.5. The fourth-order valence-electron chi connectivity index (χ4n) is 2.40. The Bertz CT molecular complexity index is 938. The van der Waals surface area contributed by atoms with Crippen LogP contribution in [0.2, 0.25) is 5.02 Å². The van der Waals surface area contributed by atoms with Gasteiger partial charge < -0.3 is 21.1 Å². The van der Waals surface area contributed by atoms with E-state index < -0.39 is 0 Å².